The molecule has 0 fully saturated rings. The predicted octanol–water partition coefficient (Wildman–Crippen LogP) is 17.5. The van der Waals surface area contributed by atoms with Crippen LogP contribution >= 0.6 is 0 Å². The van der Waals surface area contributed by atoms with E-state index in [1.165, 1.54) is 11.1 Å². The molecule has 42 heavy (non-hydrogen) atoms. The zero-order valence-corrected chi connectivity index (χ0v) is 34.4. The molecule has 2 aromatic carbocycles. The van der Waals surface area contributed by atoms with E-state index in [4.69, 9.17) is 0 Å². The standard InChI is InChI=1S/2C7H8.10C2H6.4C2H4/c2*1-7-5-3-2-4-6-7;14*1-2/h2*2-6H,1H3;10*1-2H3;4*1-2H2. The first-order chi connectivity index (χ1) is 20.8. The summed E-state index contributed by atoms with van der Waals surface area (Å²) in [4.78, 5) is 0. The Morgan fingerprint density at radius 1 is 0.238 bits per heavy atom. The minimum absolute atomic E-state index is 1.32. The van der Waals surface area contributed by atoms with Crippen LogP contribution in [0.15, 0.2) is 113 Å². The summed E-state index contributed by atoms with van der Waals surface area (Å²) in [6, 6.07) is 20.5. The lowest BCUT2D eigenvalue weighted by atomic mass is 10.2. The van der Waals surface area contributed by atoms with Gasteiger partial charge >= 0.3 is 0 Å². The number of rotatable bonds is 0. The SMILES string of the molecule is C=C.C=C.C=C.C=C.CC.CC.CC.CC.CC.CC.CC.CC.CC.CC.Cc1ccccc1.Cc1ccccc1. The van der Waals surface area contributed by atoms with Crippen LogP contribution in [0.4, 0.5) is 0 Å². The Balaban J connectivity index is -0.0000000175. The highest BCUT2D eigenvalue weighted by Gasteiger charge is 1.72. The molecule has 0 atom stereocenters. The van der Waals surface area contributed by atoms with E-state index < -0.39 is 0 Å². The zero-order chi connectivity index (χ0) is 38.2. The first-order valence-corrected chi connectivity index (χ1v) is 16.8. The van der Waals surface area contributed by atoms with E-state index in [-0.39, 0.29) is 0 Å². The number of benzene rings is 2. The van der Waals surface area contributed by atoms with Gasteiger partial charge in [-0.05, 0) is 13.8 Å². The highest BCUT2D eigenvalue weighted by Crippen LogP contribution is 1.92. The molecule has 0 radical (unpaired) electrons. The van der Waals surface area contributed by atoms with Crippen molar-refractivity contribution in [3.05, 3.63) is 124 Å². The van der Waals surface area contributed by atoms with Crippen LogP contribution in [0.1, 0.15) is 150 Å². The highest BCUT2D eigenvalue weighted by atomic mass is 13.8. The van der Waals surface area contributed by atoms with Gasteiger partial charge in [-0.2, -0.15) is 0 Å². The molecule has 260 valence electrons. The topological polar surface area (TPSA) is 0 Å². The van der Waals surface area contributed by atoms with Gasteiger partial charge in [0, 0.05) is 0 Å². The molecule has 0 heteroatoms. The summed E-state index contributed by atoms with van der Waals surface area (Å²) in [5.74, 6) is 0. The second-order valence-electron chi connectivity index (χ2n) is 3.31. The van der Waals surface area contributed by atoms with Gasteiger partial charge in [0.15, 0.2) is 0 Å². The Morgan fingerprint density at radius 3 is 0.381 bits per heavy atom. The molecule has 0 heterocycles. The smallest absolute Gasteiger partial charge is 0.0398 e. The lowest BCUT2D eigenvalue weighted by molar-refractivity contribution is 1.48. The van der Waals surface area contributed by atoms with Crippen LogP contribution in [0.25, 0.3) is 0 Å². The minimum atomic E-state index is 1.32. The average molecular weight is 597 g/mol. The van der Waals surface area contributed by atoms with Crippen LogP contribution < -0.4 is 0 Å². The Kier molecular flexibility index (Phi) is 641. The molecule has 0 spiro atoms. The second kappa shape index (κ2) is 299. The lowest BCUT2D eigenvalue weighted by Crippen LogP contribution is -1.62. The van der Waals surface area contributed by atoms with Crippen molar-refractivity contribution in [1.82, 2.24) is 0 Å². The van der Waals surface area contributed by atoms with Crippen LogP contribution in [0.2, 0.25) is 0 Å². The average Bonchev–Trinajstić information content (AvgIpc) is 3.17. The molecular weight excluding hydrogens is 504 g/mol. The molecule has 0 aromatic heterocycles. The molecule has 0 saturated heterocycles. The molecule has 0 bridgehead atoms. The summed E-state index contributed by atoms with van der Waals surface area (Å²) in [6.45, 7) is 68.2. The van der Waals surface area contributed by atoms with Gasteiger partial charge in [-0.15, -0.1) is 52.6 Å². The van der Waals surface area contributed by atoms with Crippen molar-refractivity contribution in [2.45, 2.75) is 152 Å². The van der Waals surface area contributed by atoms with E-state index in [2.05, 4.69) is 90.7 Å². The molecule has 0 saturated carbocycles. The molecule has 2 rings (SSSR count). The molecule has 0 aliphatic carbocycles. The van der Waals surface area contributed by atoms with Gasteiger partial charge in [0.2, 0.25) is 0 Å². The summed E-state index contributed by atoms with van der Waals surface area (Å²) in [7, 11) is 0. The van der Waals surface area contributed by atoms with Gasteiger partial charge < -0.3 is 0 Å². The van der Waals surface area contributed by atoms with E-state index in [0.29, 0.717) is 0 Å². The van der Waals surface area contributed by atoms with Crippen molar-refractivity contribution in [3.8, 4) is 0 Å². The lowest BCUT2D eigenvalue weighted by Gasteiger charge is -1.82. The van der Waals surface area contributed by atoms with Crippen LogP contribution in [-0.2, 0) is 0 Å². The van der Waals surface area contributed by atoms with E-state index >= 15 is 0 Å². The second-order valence-corrected chi connectivity index (χ2v) is 3.31. The number of hydrogen-bond acceptors (Lipinski definition) is 0. The fourth-order valence-electron chi connectivity index (χ4n) is 1.07. The van der Waals surface area contributed by atoms with Crippen LogP contribution in [0.3, 0.4) is 0 Å². The van der Waals surface area contributed by atoms with E-state index in [9.17, 15) is 0 Å². The highest BCUT2D eigenvalue weighted by molar-refractivity contribution is 5.12. The van der Waals surface area contributed by atoms with Crippen LogP contribution in [-0.4, -0.2) is 0 Å². The van der Waals surface area contributed by atoms with E-state index in [0.717, 1.165) is 0 Å². The maximum atomic E-state index is 3.00. The molecule has 0 N–H and O–H groups in total. The summed E-state index contributed by atoms with van der Waals surface area (Å²) >= 11 is 0. The summed E-state index contributed by atoms with van der Waals surface area (Å²) < 4.78 is 0. The van der Waals surface area contributed by atoms with Gasteiger partial charge in [0.25, 0.3) is 0 Å². The molecule has 0 unspecified atom stereocenters. The summed E-state index contributed by atoms with van der Waals surface area (Å²) in [5.41, 5.74) is 2.64. The Labute approximate surface area is 276 Å². The van der Waals surface area contributed by atoms with Crippen LogP contribution in [0, 0.1) is 13.8 Å². The molecule has 0 nitrogen and oxygen atoms in total. The first kappa shape index (κ1) is 90.1. The van der Waals surface area contributed by atoms with Crippen molar-refractivity contribution in [2.24, 2.45) is 0 Å². The minimum Gasteiger partial charge on any atom is -0.106 e. The van der Waals surface area contributed by atoms with E-state index in [1.807, 2.05) is 175 Å². The Bertz CT molecular complexity index is 343. The molecule has 0 aliphatic heterocycles. The fourth-order valence-corrected chi connectivity index (χ4v) is 1.07. The van der Waals surface area contributed by atoms with Crippen molar-refractivity contribution in [1.29, 1.82) is 0 Å². The maximum absolute atomic E-state index is 3.00. The number of hydrogen-bond donors (Lipinski definition) is 0. The van der Waals surface area contributed by atoms with Gasteiger partial charge in [-0.3, -0.25) is 0 Å². The first-order valence-electron chi connectivity index (χ1n) is 16.8. The van der Waals surface area contributed by atoms with Crippen molar-refractivity contribution < 1.29 is 0 Å². The van der Waals surface area contributed by atoms with Crippen molar-refractivity contribution >= 4 is 0 Å². The normalized spacial score (nSPS) is 4.71. The maximum Gasteiger partial charge on any atom is -0.0398 e. The third kappa shape index (κ3) is 276. The molecule has 2 aromatic rings. The molecular formula is C42H92. The third-order valence-electron chi connectivity index (χ3n) is 1.88. The molecule has 0 amide bonds. The van der Waals surface area contributed by atoms with Gasteiger partial charge in [-0.25, -0.2) is 0 Å². The van der Waals surface area contributed by atoms with Gasteiger partial charge in [-0.1, -0.05) is 210 Å². The Hall–Kier alpha value is -2.60. The van der Waals surface area contributed by atoms with Gasteiger partial charge in [0.1, 0.15) is 0 Å². The predicted molar refractivity (Wildman–Crippen MR) is 221 cm³/mol. The van der Waals surface area contributed by atoms with E-state index in [1.54, 1.807) is 0 Å². The van der Waals surface area contributed by atoms with Gasteiger partial charge in [0.05, 0.1) is 0 Å². The Morgan fingerprint density at radius 2 is 0.333 bits per heavy atom. The van der Waals surface area contributed by atoms with Crippen molar-refractivity contribution in [2.75, 3.05) is 0 Å². The molecule has 0 aliphatic rings. The van der Waals surface area contributed by atoms with Crippen molar-refractivity contribution in [3.63, 3.8) is 0 Å². The fraction of sp³-hybridized carbons (Fsp3) is 0.524. The summed E-state index contributed by atoms with van der Waals surface area (Å²) in [5, 5.41) is 0. The van der Waals surface area contributed by atoms with Crippen LogP contribution in [0.5, 0.6) is 0 Å². The monoisotopic (exact) mass is 597 g/mol. The summed E-state index contributed by atoms with van der Waals surface area (Å²) in [6.07, 6.45) is 0. The number of aryl methyl sites for hydroxylation is 2. The third-order valence-corrected chi connectivity index (χ3v) is 1.88. The zero-order valence-electron chi connectivity index (χ0n) is 34.4. The largest absolute Gasteiger partial charge is 0.106 e. The quantitative estimate of drug-likeness (QED) is 0.265.